The first kappa shape index (κ1) is 21.8. The van der Waals surface area contributed by atoms with Crippen LogP contribution in [0, 0.1) is 0 Å². The summed E-state index contributed by atoms with van der Waals surface area (Å²) in [5.41, 5.74) is 7.24. The van der Waals surface area contributed by atoms with Gasteiger partial charge in [-0.2, -0.15) is 0 Å². The maximum atomic E-state index is 12.8. The Morgan fingerprint density at radius 1 is 1.13 bits per heavy atom. The van der Waals surface area contributed by atoms with E-state index in [-0.39, 0.29) is 13.0 Å². The van der Waals surface area contributed by atoms with E-state index in [1.807, 2.05) is 54.6 Å². The molecular weight excluding hydrogens is 450 g/mol. The number of hydrogen-bond acceptors (Lipinski definition) is 4. The van der Waals surface area contributed by atoms with E-state index in [1.54, 1.807) is 0 Å². The van der Waals surface area contributed by atoms with Gasteiger partial charge in [0.05, 0.1) is 0 Å². The van der Waals surface area contributed by atoms with Crippen molar-refractivity contribution in [2.75, 3.05) is 6.54 Å². The fourth-order valence-electron chi connectivity index (χ4n) is 3.43. The first-order valence-corrected chi connectivity index (χ1v) is 10.6. The van der Waals surface area contributed by atoms with Crippen molar-refractivity contribution in [1.82, 2.24) is 10.2 Å². The van der Waals surface area contributed by atoms with E-state index >= 15 is 0 Å². The van der Waals surface area contributed by atoms with Crippen LogP contribution < -0.4 is 11.1 Å². The Morgan fingerprint density at radius 3 is 2.53 bits per heavy atom. The van der Waals surface area contributed by atoms with Crippen LogP contribution in [0.1, 0.15) is 24.0 Å². The molecule has 1 aliphatic rings. The van der Waals surface area contributed by atoms with E-state index in [0.717, 1.165) is 15.6 Å². The summed E-state index contributed by atoms with van der Waals surface area (Å²) in [6, 6.07) is 15.2. The number of nitrogens with zero attached hydrogens (tertiary/aromatic N) is 1. The lowest BCUT2D eigenvalue weighted by Gasteiger charge is -2.25. The molecule has 2 aromatic rings. The van der Waals surface area contributed by atoms with Crippen LogP contribution in [0.5, 0.6) is 0 Å². The lowest BCUT2D eigenvalue weighted by Crippen LogP contribution is -2.53. The normalized spacial score (nSPS) is 16.7. The Balaban J connectivity index is 1.61. The molecule has 30 heavy (non-hydrogen) atoms. The van der Waals surface area contributed by atoms with Crippen LogP contribution in [0.2, 0.25) is 0 Å². The van der Waals surface area contributed by atoms with Crippen LogP contribution in [-0.4, -0.2) is 41.4 Å². The Hall–Kier alpha value is -2.87. The standard InChI is InChI=1S/C22H24BrN3O4/c23-17-10-5-4-9-16(17)13-18(20(24)27)25-21(28)19-11-6-12-26(19)22(29)30-14-15-7-2-1-3-8-15/h1-5,7-10,18-19H,6,11-14H2,(H2,24,27)(H,25,28)/t18-,19+/m0/s1. The number of carbonyl (C=O) groups is 3. The molecule has 0 radical (unpaired) electrons. The van der Waals surface area contributed by atoms with E-state index in [4.69, 9.17) is 10.5 Å². The topological polar surface area (TPSA) is 102 Å². The second-order valence-corrected chi connectivity index (χ2v) is 8.01. The predicted molar refractivity (Wildman–Crippen MR) is 115 cm³/mol. The molecule has 3 rings (SSSR count). The highest BCUT2D eigenvalue weighted by atomic mass is 79.9. The van der Waals surface area contributed by atoms with Gasteiger partial charge in [0.15, 0.2) is 0 Å². The number of hydrogen-bond donors (Lipinski definition) is 2. The van der Waals surface area contributed by atoms with Crippen molar-refractivity contribution in [2.45, 2.75) is 38.0 Å². The van der Waals surface area contributed by atoms with Crippen molar-refractivity contribution >= 4 is 33.8 Å². The Morgan fingerprint density at radius 2 is 1.83 bits per heavy atom. The highest BCUT2D eigenvalue weighted by Crippen LogP contribution is 2.21. The first-order valence-electron chi connectivity index (χ1n) is 9.76. The van der Waals surface area contributed by atoms with Gasteiger partial charge in [0.25, 0.3) is 0 Å². The van der Waals surface area contributed by atoms with Gasteiger partial charge >= 0.3 is 6.09 Å². The van der Waals surface area contributed by atoms with Gasteiger partial charge in [-0.05, 0) is 30.0 Å². The number of benzene rings is 2. The maximum Gasteiger partial charge on any atom is 0.410 e. The lowest BCUT2D eigenvalue weighted by atomic mass is 10.0. The van der Waals surface area contributed by atoms with Crippen LogP contribution in [-0.2, 0) is 27.4 Å². The Labute approximate surface area is 183 Å². The molecule has 3 amide bonds. The average Bonchev–Trinajstić information content (AvgIpc) is 3.24. The van der Waals surface area contributed by atoms with Crippen molar-refractivity contribution < 1.29 is 19.1 Å². The number of likely N-dealkylation sites (tertiary alicyclic amines) is 1. The maximum absolute atomic E-state index is 12.8. The minimum atomic E-state index is -0.876. The van der Waals surface area contributed by atoms with Crippen molar-refractivity contribution in [3.8, 4) is 0 Å². The average molecular weight is 474 g/mol. The number of primary amides is 1. The van der Waals surface area contributed by atoms with Crippen molar-refractivity contribution in [3.63, 3.8) is 0 Å². The molecule has 0 spiro atoms. The molecule has 1 heterocycles. The number of nitrogens with one attached hydrogen (secondary N) is 1. The van der Waals surface area contributed by atoms with Crippen molar-refractivity contribution in [1.29, 1.82) is 0 Å². The molecule has 1 aliphatic heterocycles. The molecule has 1 fully saturated rings. The highest BCUT2D eigenvalue weighted by molar-refractivity contribution is 9.10. The lowest BCUT2D eigenvalue weighted by molar-refractivity contribution is -0.130. The zero-order chi connectivity index (χ0) is 21.5. The minimum Gasteiger partial charge on any atom is -0.445 e. The number of amides is 3. The molecule has 1 saturated heterocycles. The van der Waals surface area contributed by atoms with Crippen molar-refractivity contribution in [2.24, 2.45) is 5.73 Å². The van der Waals surface area contributed by atoms with E-state index in [2.05, 4.69) is 21.2 Å². The summed E-state index contributed by atoms with van der Waals surface area (Å²) < 4.78 is 6.20. The molecule has 2 atom stereocenters. The highest BCUT2D eigenvalue weighted by Gasteiger charge is 2.36. The predicted octanol–water partition coefficient (Wildman–Crippen LogP) is 2.76. The number of halogens is 1. The van der Waals surface area contributed by atoms with Gasteiger partial charge < -0.3 is 15.8 Å². The van der Waals surface area contributed by atoms with Crippen LogP contribution in [0.25, 0.3) is 0 Å². The Bertz CT molecular complexity index is 906. The summed E-state index contributed by atoms with van der Waals surface area (Å²) >= 11 is 3.44. The van der Waals surface area contributed by atoms with Gasteiger partial charge in [0, 0.05) is 17.4 Å². The largest absolute Gasteiger partial charge is 0.445 e. The van der Waals surface area contributed by atoms with E-state index in [1.165, 1.54) is 4.90 Å². The SMILES string of the molecule is NC(=O)[C@H](Cc1ccccc1Br)NC(=O)[C@H]1CCCN1C(=O)OCc1ccccc1. The van der Waals surface area contributed by atoms with E-state index < -0.39 is 30.0 Å². The zero-order valence-corrected chi connectivity index (χ0v) is 18.0. The smallest absolute Gasteiger partial charge is 0.410 e. The van der Waals surface area contributed by atoms with Crippen LogP contribution in [0.4, 0.5) is 4.79 Å². The summed E-state index contributed by atoms with van der Waals surface area (Å²) in [5.74, 6) is -1.03. The molecule has 0 bridgehead atoms. The fraction of sp³-hybridized carbons (Fsp3) is 0.318. The van der Waals surface area contributed by atoms with E-state index in [9.17, 15) is 14.4 Å². The second-order valence-electron chi connectivity index (χ2n) is 7.15. The number of carbonyl (C=O) groups excluding carboxylic acids is 3. The number of ether oxygens (including phenoxy) is 1. The van der Waals surface area contributed by atoms with Gasteiger partial charge in [-0.3, -0.25) is 14.5 Å². The molecule has 0 saturated carbocycles. The quantitative estimate of drug-likeness (QED) is 0.645. The summed E-state index contributed by atoms with van der Waals surface area (Å²) in [4.78, 5) is 38.7. The molecule has 2 aromatic carbocycles. The van der Waals surface area contributed by atoms with Crippen LogP contribution in [0.3, 0.4) is 0 Å². The number of nitrogens with two attached hydrogens (primary N) is 1. The molecule has 7 nitrogen and oxygen atoms in total. The molecule has 3 N–H and O–H groups in total. The molecule has 0 unspecified atom stereocenters. The fourth-order valence-corrected chi connectivity index (χ4v) is 3.88. The van der Waals surface area contributed by atoms with Gasteiger partial charge in [-0.15, -0.1) is 0 Å². The molecule has 0 aliphatic carbocycles. The third kappa shape index (κ3) is 5.60. The van der Waals surface area contributed by atoms with E-state index in [0.29, 0.717) is 19.4 Å². The third-order valence-electron chi connectivity index (χ3n) is 5.04. The number of rotatable bonds is 7. The van der Waals surface area contributed by atoms with Crippen molar-refractivity contribution in [3.05, 3.63) is 70.2 Å². The van der Waals surface area contributed by atoms with Gasteiger partial charge in [-0.1, -0.05) is 64.5 Å². The second kappa shape index (κ2) is 10.2. The molecule has 158 valence electrons. The molecule has 8 heteroatoms. The Kier molecular flexibility index (Phi) is 7.46. The van der Waals surface area contributed by atoms with Gasteiger partial charge in [0.2, 0.25) is 11.8 Å². The van der Waals surface area contributed by atoms with Crippen LogP contribution in [0.15, 0.2) is 59.1 Å². The third-order valence-corrected chi connectivity index (χ3v) is 5.81. The summed E-state index contributed by atoms with van der Waals surface area (Å²) in [5, 5.41) is 2.71. The first-order chi connectivity index (χ1) is 14.5. The minimum absolute atomic E-state index is 0.135. The van der Waals surface area contributed by atoms with Gasteiger partial charge in [0.1, 0.15) is 18.7 Å². The zero-order valence-electron chi connectivity index (χ0n) is 16.4. The molecule has 0 aromatic heterocycles. The monoisotopic (exact) mass is 473 g/mol. The van der Waals surface area contributed by atoms with Crippen LogP contribution >= 0.6 is 15.9 Å². The van der Waals surface area contributed by atoms with Gasteiger partial charge in [-0.25, -0.2) is 4.79 Å². The summed E-state index contributed by atoms with van der Waals surface area (Å²) in [6.45, 7) is 0.563. The summed E-state index contributed by atoms with van der Waals surface area (Å²) in [7, 11) is 0. The summed E-state index contributed by atoms with van der Waals surface area (Å²) in [6.07, 6.45) is 0.905. The molecular formula is C22H24BrN3O4.